The number of hydrogen-bond donors (Lipinski definition) is 2. The number of nitrogens with zero attached hydrogens (tertiary/aromatic N) is 2. The number of amides is 2. The minimum atomic E-state index is -0.914. The van der Waals surface area contributed by atoms with Crippen LogP contribution in [-0.4, -0.2) is 70.3 Å². The maximum atomic E-state index is 12.2. The molecule has 2 amide bonds. The molecule has 2 heterocycles. The fourth-order valence-electron chi connectivity index (χ4n) is 2.72. The van der Waals surface area contributed by atoms with Gasteiger partial charge in [-0.2, -0.15) is 0 Å². The van der Waals surface area contributed by atoms with Crippen LogP contribution in [0.4, 0.5) is 4.79 Å². The lowest BCUT2D eigenvalue weighted by Gasteiger charge is -2.33. The Morgan fingerprint density at radius 1 is 1.35 bits per heavy atom. The van der Waals surface area contributed by atoms with Crippen molar-refractivity contribution in [2.75, 3.05) is 31.3 Å². The topological polar surface area (TPSA) is 72.9 Å². The van der Waals surface area contributed by atoms with Gasteiger partial charge >= 0.3 is 12.0 Å². The van der Waals surface area contributed by atoms with Crippen LogP contribution in [-0.2, 0) is 4.79 Å². The zero-order chi connectivity index (χ0) is 14.5. The summed E-state index contributed by atoms with van der Waals surface area (Å²) in [4.78, 5) is 27.1. The Balaban J connectivity index is 1.79. The van der Waals surface area contributed by atoms with E-state index in [4.69, 9.17) is 5.11 Å². The molecule has 1 atom stereocenters. The van der Waals surface area contributed by atoms with Crippen molar-refractivity contribution >= 4 is 23.8 Å². The number of thioether (sulfide) groups is 1. The van der Waals surface area contributed by atoms with Gasteiger partial charge in [-0.3, -0.25) is 0 Å². The van der Waals surface area contributed by atoms with Gasteiger partial charge in [-0.05, 0) is 25.8 Å². The second kappa shape index (κ2) is 7.17. The van der Waals surface area contributed by atoms with Crippen molar-refractivity contribution in [3.63, 3.8) is 0 Å². The van der Waals surface area contributed by atoms with Crippen molar-refractivity contribution in [3.8, 4) is 0 Å². The Kier molecular flexibility index (Phi) is 5.54. The number of urea groups is 1. The van der Waals surface area contributed by atoms with Gasteiger partial charge < -0.3 is 20.2 Å². The highest BCUT2D eigenvalue weighted by atomic mass is 32.2. The fourth-order valence-corrected chi connectivity index (χ4v) is 3.87. The van der Waals surface area contributed by atoms with E-state index in [-0.39, 0.29) is 12.1 Å². The lowest BCUT2D eigenvalue weighted by Crippen LogP contribution is -2.52. The van der Waals surface area contributed by atoms with Crippen LogP contribution in [0.3, 0.4) is 0 Å². The normalized spacial score (nSPS) is 24.9. The van der Waals surface area contributed by atoms with Gasteiger partial charge in [0.1, 0.15) is 6.04 Å². The van der Waals surface area contributed by atoms with Gasteiger partial charge in [0.05, 0.1) is 5.88 Å². The number of carbonyl (C=O) groups excluding carboxylic acids is 1. The average Bonchev–Trinajstić information content (AvgIpc) is 2.91. The standard InChI is InChI=1S/C13H23N3O3S/c1-2-5-15-6-3-10(4-7-15)14-13(19)16-9-20-8-11(16)12(17)18/h10-11H,2-9H2,1H3,(H,14,19)(H,17,18). The number of carboxylic acid groups (broad SMARTS) is 1. The van der Waals surface area contributed by atoms with Crippen molar-refractivity contribution in [1.82, 2.24) is 15.1 Å². The summed E-state index contributed by atoms with van der Waals surface area (Å²) in [5, 5.41) is 12.1. The minimum absolute atomic E-state index is 0.177. The molecule has 0 radical (unpaired) electrons. The first-order valence-electron chi connectivity index (χ1n) is 7.22. The molecule has 2 aliphatic rings. The van der Waals surface area contributed by atoms with Gasteiger partial charge in [-0.25, -0.2) is 9.59 Å². The van der Waals surface area contributed by atoms with E-state index >= 15 is 0 Å². The summed E-state index contributed by atoms with van der Waals surface area (Å²) in [5.74, 6) is 0.0396. The van der Waals surface area contributed by atoms with E-state index in [0.29, 0.717) is 11.6 Å². The van der Waals surface area contributed by atoms with E-state index in [1.807, 2.05) is 0 Å². The molecular formula is C13H23N3O3S. The lowest BCUT2D eigenvalue weighted by molar-refractivity contribution is -0.140. The second-order valence-electron chi connectivity index (χ2n) is 5.39. The molecule has 2 saturated heterocycles. The summed E-state index contributed by atoms with van der Waals surface area (Å²) in [6.07, 6.45) is 3.05. The fraction of sp³-hybridized carbons (Fsp3) is 0.846. The number of piperidine rings is 1. The molecule has 7 heteroatoms. The summed E-state index contributed by atoms with van der Waals surface area (Å²) in [6.45, 7) is 5.31. The molecule has 0 aromatic carbocycles. The summed E-state index contributed by atoms with van der Waals surface area (Å²) < 4.78 is 0. The zero-order valence-electron chi connectivity index (χ0n) is 11.9. The Morgan fingerprint density at radius 2 is 2.05 bits per heavy atom. The van der Waals surface area contributed by atoms with Crippen LogP contribution in [0.25, 0.3) is 0 Å². The molecule has 0 bridgehead atoms. The smallest absolute Gasteiger partial charge is 0.327 e. The highest BCUT2D eigenvalue weighted by molar-refractivity contribution is 7.99. The maximum absolute atomic E-state index is 12.2. The zero-order valence-corrected chi connectivity index (χ0v) is 12.7. The Bertz CT molecular complexity index is 359. The third-order valence-electron chi connectivity index (χ3n) is 3.88. The number of likely N-dealkylation sites (tertiary alicyclic amines) is 1. The quantitative estimate of drug-likeness (QED) is 0.811. The molecule has 0 aromatic heterocycles. The van der Waals surface area contributed by atoms with E-state index in [0.717, 1.165) is 38.9 Å². The first-order valence-corrected chi connectivity index (χ1v) is 8.37. The van der Waals surface area contributed by atoms with Crippen LogP contribution in [0.2, 0.25) is 0 Å². The molecule has 0 aromatic rings. The summed E-state index contributed by atoms with van der Waals surface area (Å²) >= 11 is 1.49. The maximum Gasteiger partial charge on any atom is 0.327 e. The van der Waals surface area contributed by atoms with Crippen LogP contribution in [0.5, 0.6) is 0 Å². The third kappa shape index (κ3) is 3.79. The largest absolute Gasteiger partial charge is 0.480 e. The van der Waals surface area contributed by atoms with Crippen molar-refractivity contribution in [2.45, 2.75) is 38.3 Å². The molecule has 20 heavy (non-hydrogen) atoms. The van der Waals surface area contributed by atoms with Gasteiger partial charge in [0.25, 0.3) is 0 Å². The van der Waals surface area contributed by atoms with E-state index in [1.54, 1.807) is 0 Å². The van der Waals surface area contributed by atoms with Crippen molar-refractivity contribution < 1.29 is 14.7 Å². The highest BCUT2D eigenvalue weighted by Gasteiger charge is 2.35. The lowest BCUT2D eigenvalue weighted by atomic mass is 10.1. The molecule has 2 rings (SSSR count). The number of carboxylic acids is 1. The molecule has 2 N–H and O–H groups in total. The SMILES string of the molecule is CCCN1CCC(NC(=O)N2CSCC2C(=O)O)CC1. The van der Waals surface area contributed by atoms with Crippen LogP contribution in [0, 0.1) is 0 Å². The van der Waals surface area contributed by atoms with E-state index in [2.05, 4.69) is 17.1 Å². The predicted octanol–water partition coefficient (Wildman–Crippen LogP) is 1.03. The van der Waals surface area contributed by atoms with Crippen molar-refractivity contribution in [3.05, 3.63) is 0 Å². The van der Waals surface area contributed by atoms with Gasteiger partial charge in [0.2, 0.25) is 0 Å². The number of aliphatic carboxylic acids is 1. The highest BCUT2D eigenvalue weighted by Crippen LogP contribution is 2.21. The molecule has 0 aliphatic carbocycles. The number of nitrogens with one attached hydrogen (secondary N) is 1. The van der Waals surface area contributed by atoms with E-state index < -0.39 is 12.0 Å². The Morgan fingerprint density at radius 3 is 2.65 bits per heavy atom. The van der Waals surface area contributed by atoms with Crippen LogP contribution in [0.1, 0.15) is 26.2 Å². The van der Waals surface area contributed by atoms with E-state index in [9.17, 15) is 9.59 Å². The van der Waals surface area contributed by atoms with Gasteiger partial charge in [-0.1, -0.05) is 6.92 Å². The average molecular weight is 301 g/mol. The molecule has 2 fully saturated rings. The van der Waals surface area contributed by atoms with Crippen molar-refractivity contribution in [1.29, 1.82) is 0 Å². The molecule has 2 aliphatic heterocycles. The molecule has 0 saturated carbocycles. The van der Waals surface area contributed by atoms with Gasteiger partial charge in [0, 0.05) is 24.9 Å². The number of hydrogen-bond acceptors (Lipinski definition) is 4. The summed E-state index contributed by atoms with van der Waals surface area (Å²) in [6, 6.07) is -0.729. The first kappa shape index (κ1) is 15.4. The van der Waals surface area contributed by atoms with E-state index in [1.165, 1.54) is 16.7 Å². The van der Waals surface area contributed by atoms with Crippen LogP contribution >= 0.6 is 11.8 Å². The monoisotopic (exact) mass is 301 g/mol. The Labute approximate surface area is 123 Å². The molecule has 0 spiro atoms. The summed E-state index contributed by atoms with van der Waals surface area (Å²) in [5.41, 5.74) is 0. The van der Waals surface area contributed by atoms with Gasteiger partial charge in [-0.15, -0.1) is 11.8 Å². The van der Waals surface area contributed by atoms with Crippen LogP contribution in [0.15, 0.2) is 0 Å². The minimum Gasteiger partial charge on any atom is -0.480 e. The number of carbonyl (C=O) groups is 2. The molecule has 6 nitrogen and oxygen atoms in total. The first-order chi connectivity index (χ1) is 9.61. The third-order valence-corrected chi connectivity index (χ3v) is 4.90. The summed E-state index contributed by atoms with van der Waals surface area (Å²) in [7, 11) is 0. The van der Waals surface area contributed by atoms with Crippen molar-refractivity contribution in [2.24, 2.45) is 0 Å². The molecule has 114 valence electrons. The predicted molar refractivity (Wildman–Crippen MR) is 78.9 cm³/mol. The molecule has 1 unspecified atom stereocenters. The molecular weight excluding hydrogens is 278 g/mol. The Hall–Kier alpha value is -0.950. The number of rotatable bonds is 4. The van der Waals surface area contributed by atoms with Crippen LogP contribution < -0.4 is 5.32 Å². The van der Waals surface area contributed by atoms with Gasteiger partial charge in [0.15, 0.2) is 0 Å². The second-order valence-corrected chi connectivity index (χ2v) is 6.39.